The molecule has 504 valence electrons. The van der Waals surface area contributed by atoms with Crippen LogP contribution in [0.25, 0.3) is 0 Å². The van der Waals surface area contributed by atoms with Gasteiger partial charge in [0.05, 0.1) is 26.4 Å². The molecule has 0 fully saturated rings. The summed E-state index contributed by atoms with van der Waals surface area (Å²) >= 11 is 0. The summed E-state index contributed by atoms with van der Waals surface area (Å²) in [5.41, 5.74) is 0. The molecular formula is C66H128O17P2. The molecule has 0 spiro atoms. The minimum atomic E-state index is -4.95. The van der Waals surface area contributed by atoms with Gasteiger partial charge < -0.3 is 33.8 Å². The van der Waals surface area contributed by atoms with Crippen molar-refractivity contribution >= 4 is 39.5 Å². The van der Waals surface area contributed by atoms with Crippen molar-refractivity contribution in [2.75, 3.05) is 39.6 Å². The molecule has 0 aromatic carbocycles. The van der Waals surface area contributed by atoms with Crippen LogP contribution in [0.15, 0.2) is 0 Å². The number of hydrogen-bond donors (Lipinski definition) is 3. The largest absolute Gasteiger partial charge is 0.472 e. The Morgan fingerprint density at radius 1 is 0.341 bits per heavy atom. The molecule has 85 heavy (non-hydrogen) atoms. The van der Waals surface area contributed by atoms with Crippen LogP contribution in [0.4, 0.5) is 0 Å². The van der Waals surface area contributed by atoms with Crippen LogP contribution in [-0.2, 0) is 65.4 Å². The van der Waals surface area contributed by atoms with Crippen molar-refractivity contribution in [3.63, 3.8) is 0 Å². The highest BCUT2D eigenvalue weighted by Crippen LogP contribution is 2.45. The Bertz CT molecular complexity index is 1670. The Morgan fingerprint density at radius 3 is 0.894 bits per heavy atom. The highest BCUT2D eigenvalue weighted by Gasteiger charge is 2.30. The molecule has 0 saturated carbocycles. The number of ether oxygens (including phenoxy) is 4. The second-order valence-corrected chi connectivity index (χ2v) is 27.5. The quantitative estimate of drug-likeness (QED) is 0.0222. The lowest BCUT2D eigenvalue weighted by molar-refractivity contribution is -0.161. The molecule has 0 saturated heterocycles. The van der Waals surface area contributed by atoms with E-state index in [1.165, 1.54) is 148 Å². The zero-order chi connectivity index (χ0) is 62.9. The third-order valence-corrected chi connectivity index (χ3v) is 17.5. The average molecular weight is 1260 g/mol. The number of phosphoric acid groups is 2. The van der Waals surface area contributed by atoms with Gasteiger partial charge in [-0.3, -0.25) is 37.3 Å². The van der Waals surface area contributed by atoms with Crippen LogP contribution in [-0.4, -0.2) is 96.7 Å². The molecule has 0 radical (unpaired) electrons. The van der Waals surface area contributed by atoms with Crippen LogP contribution in [0, 0.1) is 11.8 Å². The molecule has 0 aliphatic carbocycles. The monoisotopic (exact) mass is 1250 g/mol. The Hall–Kier alpha value is -1.94. The van der Waals surface area contributed by atoms with Crippen LogP contribution >= 0.6 is 15.6 Å². The van der Waals surface area contributed by atoms with E-state index in [0.29, 0.717) is 25.7 Å². The number of aliphatic hydroxyl groups is 1. The minimum absolute atomic E-state index is 0.106. The Labute approximate surface area is 517 Å². The number of esters is 4. The van der Waals surface area contributed by atoms with Gasteiger partial charge in [0, 0.05) is 25.7 Å². The van der Waals surface area contributed by atoms with Gasteiger partial charge in [-0.05, 0) is 37.5 Å². The fourth-order valence-electron chi connectivity index (χ4n) is 9.85. The summed E-state index contributed by atoms with van der Waals surface area (Å²) in [5.74, 6) is -0.570. The Balaban J connectivity index is 5.23. The van der Waals surface area contributed by atoms with Crippen molar-refractivity contribution in [2.24, 2.45) is 11.8 Å². The van der Waals surface area contributed by atoms with Crippen LogP contribution in [0.1, 0.15) is 330 Å². The summed E-state index contributed by atoms with van der Waals surface area (Å²) in [6.45, 7) is 9.50. The predicted octanol–water partition coefficient (Wildman–Crippen LogP) is 18.4. The molecule has 3 N–H and O–H groups in total. The minimum Gasteiger partial charge on any atom is -0.462 e. The fourth-order valence-corrected chi connectivity index (χ4v) is 11.4. The first-order valence-electron chi connectivity index (χ1n) is 34.5. The summed E-state index contributed by atoms with van der Waals surface area (Å²) < 4.78 is 68.0. The van der Waals surface area contributed by atoms with E-state index in [-0.39, 0.29) is 25.7 Å². The smallest absolute Gasteiger partial charge is 0.462 e. The number of phosphoric ester groups is 2. The standard InChI is InChI=1S/C66H128O17P2/c1-7-10-12-14-16-22-30-36-42-48-63(68)76-54-61(82-65(70)50-44-38-32-23-17-15-13-11-8-2)56-80-84(72,73)78-52-60(67)53-79-85(74,75)81-57-62(55-77-64(69)49-43-37-31-26-20-18-24-28-34-40-46-58(4)5)83-66(71)51-45-39-33-27-21-19-25-29-35-41-47-59(6)9-3/h58-62,67H,7-57H2,1-6H3,(H,72,73)(H,74,75)/t59?,60-,61+,62+/m0/s1. The summed E-state index contributed by atoms with van der Waals surface area (Å²) in [6.07, 6.45) is 41.6. The third kappa shape index (κ3) is 59.5. The molecule has 17 nitrogen and oxygen atoms in total. The van der Waals surface area contributed by atoms with Gasteiger partial charge in [0.2, 0.25) is 0 Å². The van der Waals surface area contributed by atoms with E-state index in [0.717, 1.165) is 102 Å². The van der Waals surface area contributed by atoms with Gasteiger partial charge in [0.15, 0.2) is 12.2 Å². The molecule has 0 bridgehead atoms. The van der Waals surface area contributed by atoms with Gasteiger partial charge in [-0.25, -0.2) is 9.13 Å². The zero-order valence-corrected chi connectivity index (χ0v) is 56.7. The normalized spacial score (nSPS) is 14.6. The summed E-state index contributed by atoms with van der Waals surface area (Å²) in [6, 6.07) is 0. The van der Waals surface area contributed by atoms with E-state index in [1.54, 1.807) is 0 Å². The summed E-state index contributed by atoms with van der Waals surface area (Å²) in [7, 11) is -9.89. The van der Waals surface area contributed by atoms with Crippen LogP contribution in [0.3, 0.4) is 0 Å². The van der Waals surface area contributed by atoms with E-state index in [2.05, 4.69) is 41.5 Å². The van der Waals surface area contributed by atoms with Crippen molar-refractivity contribution in [3.8, 4) is 0 Å². The van der Waals surface area contributed by atoms with Gasteiger partial charge in [-0.2, -0.15) is 0 Å². The highest BCUT2D eigenvalue weighted by atomic mass is 31.2. The molecule has 0 aromatic rings. The molecule has 0 rings (SSSR count). The molecule has 6 atom stereocenters. The summed E-state index contributed by atoms with van der Waals surface area (Å²) in [4.78, 5) is 72.3. The number of carbonyl (C=O) groups excluding carboxylic acids is 4. The van der Waals surface area contributed by atoms with Crippen molar-refractivity contribution in [1.29, 1.82) is 0 Å². The maximum absolute atomic E-state index is 13.0. The van der Waals surface area contributed by atoms with Crippen LogP contribution in [0.5, 0.6) is 0 Å². The second kappa shape index (κ2) is 58.4. The van der Waals surface area contributed by atoms with E-state index in [9.17, 15) is 43.2 Å². The topological polar surface area (TPSA) is 237 Å². The first kappa shape index (κ1) is 83.1. The molecule has 3 unspecified atom stereocenters. The molecular weight excluding hydrogens is 1130 g/mol. The lowest BCUT2D eigenvalue weighted by Crippen LogP contribution is -2.30. The maximum Gasteiger partial charge on any atom is 0.472 e. The van der Waals surface area contributed by atoms with E-state index < -0.39 is 97.5 Å². The Morgan fingerprint density at radius 2 is 0.600 bits per heavy atom. The van der Waals surface area contributed by atoms with Crippen molar-refractivity contribution < 1.29 is 80.2 Å². The van der Waals surface area contributed by atoms with Gasteiger partial charge in [-0.15, -0.1) is 0 Å². The first-order valence-corrected chi connectivity index (χ1v) is 37.5. The SMILES string of the molecule is CCCCCCCCCCCC(=O)OC[C@H](COP(=O)(O)OC[C@H](O)COP(=O)(O)OC[C@@H](COC(=O)CCCCCCCCCCCCC(C)C)OC(=O)CCCCCCCCCCCCC(C)CC)OC(=O)CCCCCCCCCCC. The van der Waals surface area contributed by atoms with Crippen molar-refractivity contribution in [3.05, 3.63) is 0 Å². The maximum atomic E-state index is 13.0. The molecule has 19 heteroatoms. The first-order chi connectivity index (χ1) is 40.9. The van der Waals surface area contributed by atoms with Gasteiger partial charge in [-0.1, -0.05) is 279 Å². The van der Waals surface area contributed by atoms with E-state index >= 15 is 0 Å². The van der Waals surface area contributed by atoms with E-state index in [4.69, 9.17) is 37.0 Å². The molecule has 0 aliphatic heterocycles. The number of carbonyl (C=O) groups is 4. The van der Waals surface area contributed by atoms with Crippen molar-refractivity contribution in [2.45, 2.75) is 349 Å². The summed E-state index contributed by atoms with van der Waals surface area (Å²) in [5, 5.41) is 10.5. The van der Waals surface area contributed by atoms with Gasteiger partial charge in [0.25, 0.3) is 0 Å². The molecule has 0 aromatic heterocycles. The third-order valence-electron chi connectivity index (χ3n) is 15.6. The average Bonchev–Trinajstić information content (AvgIpc) is 3.53. The lowest BCUT2D eigenvalue weighted by atomic mass is 9.99. The number of rotatable bonds is 65. The Kier molecular flexibility index (Phi) is 57.1. The zero-order valence-electron chi connectivity index (χ0n) is 54.9. The molecule has 0 aliphatic rings. The van der Waals surface area contributed by atoms with E-state index in [1.807, 2.05) is 0 Å². The van der Waals surface area contributed by atoms with Gasteiger partial charge in [0.1, 0.15) is 19.3 Å². The second-order valence-electron chi connectivity index (χ2n) is 24.6. The number of aliphatic hydroxyl groups excluding tert-OH is 1. The number of hydrogen-bond acceptors (Lipinski definition) is 15. The fraction of sp³-hybridized carbons (Fsp3) is 0.939. The predicted molar refractivity (Wildman–Crippen MR) is 340 cm³/mol. The van der Waals surface area contributed by atoms with Gasteiger partial charge >= 0.3 is 39.5 Å². The number of unbranched alkanes of at least 4 members (excludes halogenated alkanes) is 34. The van der Waals surface area contributed by atoms with Crippen LogP contribution in [0.2, 0.25) is 0 Å². The van der Waals surface area contributed by atoms with Crippen molar-refractivity contribution in [1.82, 2.24) is 0 Å². The molecule has 0 heterocycles. The highest BCUT2D eigenvalue weighted by molar-refractivity contribution is 7.47. The lowest BCUT2D eigenvalue weighted by Gasteiger charge is -2.21. The van der Waals surface area contributed by atoms with Crippen LogP contribution < -0.4 is 0 Å². The molecule has 0 amide bonds.